The summed E-state index contributed by atoms with van der Waals surface area (Å²) < 4.78 is 33.8. The first kappa shape index (κ1) is 14.7. The van der Waals surface area contributed by atoms with E-state index in [0.717, 1.165) is 34.7 Å². The van der Waals surface area contributed by atoms with Crippen LogP contribution in [0.15, 0.2) is 0 Å². The molecule has 0 spiro atoms. The molecule has 10 heteroatoms. The molecule has 2 unspecified atom stereocenters. The van der Waals surface area contributed by atoms with Crippen LogP contribution in [-0.2, 0) is 17.5 Å². The Kier molecular flexibility index (Phi) is 7.03. The van der Waals surface area contributed by atoms with Crippen LogP contribution in [0.3, 0.4) is 0 Å². The fourth-order valence-corrected chi connectivity index (χ4v) is 16.3. The highest BCUT2D eigenvalue weighted by Crippen LogP contribution is 3.01. The number of rotatable bonds is 8. The van der Waals surface area contributed by atoms with Gasteiger partial charge in [0.25, 0.3) is 0 Å². The number of hydrogen-bond donors (Lipinski definition) is 0. The van der Waals surface area contributed by atoms with Crippen molar-refractivity contribution in [3.63, 3.8) is 0 Å². The van der Waals surface area contributed by atoms with E-state index >= 15 is 0 Å². The molecule has 0 saturated carbocycles. The lowest BCUT2D eigenvalue weighted by molar-refractivity contribution is 0.407. The average Bonchev–Trinajstić information content (AvgIpc) is 2.84. The molecule has 1 saturated heterocycles. The molecule has 0 N–H and O–H groups in total. The first-order chi connectivity index (χ1) is 7.12. The lowest BCUT2D eigenvalue weighted by atomic mass is 10.9. The third-order valence-corrected chi connectivity index (χ3v) is 14.5. The summed E-state index contributed by atoms with van der Waals surface area (Å²) >= 11 is 4.32. The van der Waals surface area contributed by atoms with Gasteiger partial charge in [0.1, 0.15) is 0 Å². The predicted molar refractivity (Wildman–Crippen MR) is 72.1 cm³/mol. The van der Waals surface area contributed by atoms with Crippen LogP contribution in [0.25, 0.3) is 0 Å². The van der Waals surface area contributed by atoms with Crippen LogP contribution in [0.5, 0.6) is 0 Å². The third-order valence-electron chi connectivity index (χ3n) is 1.04. The van der Waals surface area contributed by atoms with Crippen molar-refractivity contribution < 1.29 is 17.5 Å². The zero-order valence-electron chi connectivity index (χ0n) is 8.07. The molecule has 0 aliphatic carbocycles. The van der Waals surface area contributed by atoms with E-state index < -0.39 is 11.8 Å². The molecule has 1 aliphatic rings. The van der Waals surface area contributed by atoms with E-state index in [1.165, 1.54) is 11.4 Å². The van der Waals surface area contributed by atoms with Gasteiger partial charge in [0.15, 0.2) is 4.32 Å². The Morgan fingerprint density at radius 2 is 2.07 bits per heavy atom. The fourth-order valence-electron chi connectivity index (χ4n) is 0.492. The zero-order valence-corrected chi connectivity index (χ0v) is 13.1. The van der Waals surface area contributed by atoms with E-state index in [1.807, 2.05) is 13.8 Å². The largest absolute Gasteiger partial charge is 0.308 e. The van der Waals surface area contributed by atoms with Gasteiger partial charge in [0.05, 0.1) is 36.5 Å². The van der Waals surface area contributed by atoms with E-state index in [-0.39, 0.29) is 0 Å². The molecular formula is C5H10O4P2S4. The van der Waals surface area contributed by atoms with Crippen LogP contribution >= 0.6 is 57.8 Å². The van der Waals surface area contributed by atoms with Crippen LogP contribution in [0, 0.1) is 4.32 Å². The molecule has 2 atom stereocenters. The molecule has 88 valence electrons. The van der Waals surface area contributed by atoms with Crippen molar-refractivity contribution in [2.45, 2.75) is 13.8 Å². The molecule has 1 heterocycles. The molecule has 0 aromatic carbocycles. The maximum Gasteiger partial charge on any atom is 0.247 e. The zero-order chi connectivity index (χ0) is 11.3. The smallest absolute Gasteiger partial charge is 0.247 e. The Morgan fingerprint density at radius 1 is 1.40 bits per heavy atom. The van der Waals surface area contributed by atoms with Gasteiger partial charge in [0.2, 0.25) is 11.8 Å². The second kappa shape index (κ2) is 7.17. The summed E-state index contributed by atoms with van der Waals surface area (Å²) in [6.45, 7) is 4.70. The van der Waals surface area contributed by atoms with Gasteiger partial charge in [-0.3, -0.25) is 9.13 Å². The van der Waals surface area contributed by atoms with Gasteiger partial charge in [-0.25, -0.2) is 0 Å². The summed E-state index contributed by atoms with van der Waals surface area (Å²) in [5, 5.41) is 0. The lowest BCUT2D eigenvalue weighted by Crippen LogP contribution is -1.72. The van der Waals surface area contributed by atoms with E-state index in [1.54, 1.807) is 0 Å². The van der Waals surface area contributed by atoms with Crippen molar-refractivity contribution >= 4 is 57.8 Å². The maximum absolute atomic E-state index is 11.8. The van der Waals surface area contributed by atoms with Crippen molar-refractivity contribution in [1.82, 2.24) is 0 Å². The molecule has 0 aromatic heterocycles. The van der Waals surface area contributed by atoms with Gasteiger partial charge in [-0.1, -0.05) is 11.4 Å². The van der Waals surface area contributed by atoms with Gasteiger partial charge < -0.3 is 8.37 Å². The first-order valence-electron chi connectivity index (χ1n) is 4.05. The van der Waals surface area contributed by atoms with Crippen LogP contribution < -0.4 is 0 Å². The Balaban J connectivity index is 2.20. The monoisotopic (exact) mass is 324 g/mol. The predicted octanol–water partition coefficient (Wildman–Crippen LogP) is 5.13. The summed E-state index contributed by atoms with van der Waals surface area (Å²) in [5.74, 6) is 0. The van der Waals surface area contributed by atoms with Gasteiger partial charge >= 0.3 is 0 Å². The van der Waals surface area contributed by atoms with Crippen molar-refractivity contribution in [2.75, 3.05) is 13.2 Å². The van der Waals surface area contributed by atoms with E-state index in [0.29, 0.717) is 17.5 Å². The Bertz CT molecular complexity index is 276. The van der Waals surface area contributed by atoms with Crippen molar-refractivity contribution in [1.29, 1.82) is 0 Å². The van der Waals surface area contributed by atoms with E-state index in [9.17, 15) is 9.13 Å². The summed E-state index contributed by atoms with van der Waals surface area (Å²) in [6.07, 6.45) is -1.57. The summed E-state index contributed by atoms with van der Waals surface area (Å²) in [6, 6.07) is 0. The van der Waals surface area contributed by atoms with Crippen molar-refractivity contribution in [2.24, 2.45) is 0 Å². The molecular weight excluding hydrogens is 314 g/mol. The second-order valence-corrected chi connectivity index (χ2v) is 15.3. The van der Waals surface area contributed by atoms with Crippen LogP contribution in [0.1, 0.15) is 13.8 Å². The summed E-state index contributed by atoms with van der Waals surface area (Å²) in [7, 11) is 0. The van der Waals surface area contributed by atoms with Crippen LogP contribution in [0.4, 0.5) is 0 Å². The average molecular weight is 324 g/mol. The molecule has 0 aromatic rings. The minimum Gasteiger partial charge on any atom is -0.308 e. The molecule has 1 fully saturated rings. The standard InChI is InChI=1S/C5H10O4P2S4/c1-3-8-14-10(6)12-5-11(7,13-5)15-9-4-2/h3-4H2,1-2H3. The maximum atomic E-state index is 11.8. The SMILES string of the molecule is CCOS[P](=O)S[C]1SP1(=O)SOCC. The summed E-state index contributed by atoms with van der Waals surface area (Å²) in [5.41, 5.74) is -2.39. The first-order valence-corrected chi connectivity index (χ1v) is 12.6. The topological polar surface area (TPSA) is 52.6 Å². The highest BCUT2D eigenvalue weighted by atomic mass is 33.1. The molecule has 1 rings (SSSR count). The molecule has 0 amide bonds. The van der Waals surface area contributed by atoms with Crippen molar-refractivity contribution in [3.8, 4) is 0 Å². The minimum atomic E-state index is -2.39. The van der Waals surface area contributed by atoms with E-state index in [2.05, 4.69) is 0 Å². The minimum absolute atomic E-state index is 0.514. The highest BCUT2D eigenvalue weighted by molar-refractivity contribution is 9.09. The molecule has 15 heavy (non-hydrogen) atoms. The Hall–Kier alpha value is 1.65. The summed E-state index contributed by atoms with van der Waals surface area (Å²) in [4.78, 5) is 0. The molecule has 1 aliphatic heterocycles. The van der Waals surface area contributed by atoms with E-state index in [4.69, 9.17) is 8.37 Å². The Morgan fingerprint density at radius 3 is 2.67 bits per heavy atom. The van der Waals surface area contributed by atoms with Gasteiger partial charge in [-0.05, 0) is 25.2 Å². The fraction of sp³-hybridized carbons (Fsp3) is 0.800. The van der Waals surface area contributed by atoms with Gasteiger partial charge in [-0.15, -0.1) is 0 Å². The van der Waals surface area contributed by atoms with Gasteiger partial charge in [0, 0.05) is 0 Å². The van der Waals surface area contributed by atoms with Crippen molar-refractivity contribution in [3.05, 3.63) is 4.32 Å². The second-order valence-electron chi connectivity index (χ2n) is 2.13. The highest BCUT2D eigenvalue weighted by Gasteiger charge is 2.57. The third kappa shape index (κ3) is 5.21. The number of hydrogen-bond acceptors (Lipinski definition) is 8. The lowest BCUT2D eigenvalue weighted by Gasteiger charge is -1.97. The molecule has 4 nitrogen and oxygen atoms in total. The van der Waals surface area contributed by atoms with Gasteiger partial charge in [-0.2, -0.15) is 0 Å². The quantitative estimate of drug-likeness (QED) is 0.346. The van der Waals surface area contributed by atoms with Crippen LogP contribution in [-0.4, -0.2) is 13.2 Å². The Labute approximate surface area is 106 Å². The molecule has 2 radical (unpaired) electrons. The molecule has 0 bridgehead atoms. The van der Waals surface area contributed by atoms with Crippen LogP contribution in [0.2, 0.25) is 0 Å². The normalized spacial score (nSPS) is 26.7.